The Morgan fingerprint density at radius 1 is 1.24 bits per heavy atom. The van der Waals surface area contributed by atoms with Crippen LogP contribution in [0.25, 0.3) is 0 Å². The number of Topliss-reactive ketones (excluding diaryl/α,β-unsaturated/α-hetero) is 1. The maximum Gasteiger partial charge on any atom is 0.234 e. The van der Waals surface area contributed by atoms with Crippen LogP contribution in [0.3, 0.4) is 0 Å². The van der Waals surface area contributed by atoms with Gasteiger partial charge in [0.05, 0.1) is 37.5 Å². The van der Waals surface area contributed by atoms with Crippen LogP contribution in [-0.2, 0) is 9.59 Å². The number of methoxy groups -OCH3 is 2. The maximum atomic E-state index is 13.6. The number of nitrogens with two attached hydrogens (primary N) is 1. The summed E-state index contributed by atoms with van der Waals surface area (Å²) in [5, 5.41) is 24.0. The number of amides is 1. The minimum atomic E-state index is -0.504. The standard InChI is InChI=1S/C28H28N6O4S3/c1-28(2)11-19-24(20(35)12-28)23(21-6-5-7-39-21)18(13-29)25(30)34(19)26-32-33-27(41-26)40-14-22(36)31-15-8-16(37-3)10-17(9-15)38-4/h5-10,23H,11-12,14,30H2,1-4H3,(H,31,36). The zero-order valence-electron chi connectivity index (χ0n) is 22.9. The van der Waals surface area contributed by atoms with Gasteiger partial charge in [-0.25, -0.2) is 0 Å². The molecule has 1 atom stereocenters. The lowest BCUT2D eigenvalue weighted by Crippen LogP contribution is -2.42. The topological polar surface area (TPSA) is 143 Å². The molecule has 0 radical (unpaired) electrons. The molecule has 212 valence electrons. The van der Waals surface area contributed by atoms with Crippen molar-refractivity contribution in [3.8, 4) is 17.6 Å². The number of carbonyl (C=O) groups is 2. The number of benzene rings is 1. The van der Waals surface area contributed by atoms with Crippen LogP contribution < -0.4 is 25.4 Å². The third-order valence-corrected chi connectivity index (χ3v) is 9.74. The van der Waals surface area contributed by atoms with Gasteiger partial charge in [-0.05, 0) is 23.3 Å². The molecule has 10 nitrogen and oxygen atoms in total. The molecule has 13 heteroatoms. The van der Waals surface area contributed by atoms with E-state index in [1.54, 1.807) is 37.3 Å². The van der Waals surface area contributed by atoms with Crippen molar-refractivity contribution in [1.29, 1.82) is 5.26 Å². The van der Waals surface area contributed by atoms with Crippen molar-refractivity contribution in [2.24, 2.45) is 11.1 Å². The van der Waals surface area contributed by atoms with Gasteiger partial charge in [0.1, 0.15) is 17.3 Å². The van der Waals surface area contributed by atoms with E-state index in [2.05, 4.69) is 21.6 Å². The van der Waals surface area contributed by atoms with E-state index in [0.717, 1.165) is 10.6 Å². The summed E-state index contributed by atoms with van der Waals surface area (Å²) >= 11 is 3.98. The van der Waals surface area contributed by atoms with Crippen molar-refractivity contribution in [3.05, 3.63) is 63.3 Å². The van der Waals surface area contributed by atoms with Crippen molar-refractivity contribution in [3.63, 3.8) is 0 Å². The minimum Gasteiger partial charge on any atom is -0.497 e. The Hall–Kier alpha value is -3.86. The van der Waals surface area contributed by atoms with Gasteiger partial charge in [0.25, 0.3) is 0 Å². The second-order valence-electron chi connectivity index (χ2n) is 10.3. The number of ether oxygens (including phenoxy) is 2. The van der Waals surface area contributed by atoms with Crippen LogP contribution in [0.1, 0.15) is 37.5 Å². The summed E-state index contributed by atoms with van der Waals surface area (Å²) < 4.78 is 11.1. The SMILES string of the molecule is COc1cc(NC(=O)CSc2nnc(N3C(N)=C(C#N)C(c4cccs4)C4=C3CC(C)(C)CC4=O)s2)cc(OC)c1. The van der Waals surface area contributed by atoms with Gasteiger partial charge in [0.15, 0.2) is 10.1 Å². The van der Waals surface area contributed by atoms with Gasteiger partial charge in [-0.3, -0.25) is 14.5 Å². The molecule has 1 aromatic carbocycles. The molecular formula is C28H28N6O4S3. The van der Waals surface area contributed by atoms with Crippen molar-refractivity contribution < 1.29 is 19.1 Å². The van der Waals surface area contributed by atoms with E-state index in [0.29, 0.717) is 50.6 Å². The lowest BCUT2D eigenvalue weighted by atomic mass is 9.70. The summed E-state index contributed by atoms with van der Waals surface area (Å²) in [5.41, 5.74) is 8.57. The fraction of sp³-hybridized carbons (Fsp3) is 0.321. The highest BCUT2D eigenvalue weighted by molar-refractivity contribution is 8.01. The average Bonchev–Trinajstić information content (AvgIpc) is 3.63. The van der Waals surface area contributed by atoms with Crippen LogP contribution in [0.4, 0.5) is 10.8 Å². The number of allylic oxidation sites excluding steroid dienone is 3. The van der Waals surface area contributed by atoms with Crippen molar-refractivity contribution >= 4 is 56.9 Å². The molecule has 41 heavy (non-hydrogen) atoms. The summed E-state index contributed by atoms with van der Waals surface area (Å²) in [5.74, 6) is 0.708. The fourth-order valence-corrected chi connectivity index (χ4v) is 7.55. The van der Waals surface area contributed by atoms with E-state index < -0.39 is 5.92 Å². The Morgan fingerprint density at radius 3 is 2.61 bits per heavy atom. The number of hydrogen-bond donors (Lipinski definition) is 2. The first kappa shape index (κ1) is 28.7. The molecule has 0 fully saturated rings. The zero-order chi connectivity index (χ0) is 29.3. The van der Waals surface area contributed by atoms with Gasteiger partial charge in [0, 0.05) is 46.5 Å². The molecule has 1 unspecified atom stereocenters. The lowest BCUT2D eigenvalue weighted by Gasteiger charge is -2.42. The van der Waals surface area contributed by atoms with Gasteiger partial charge in [0.2, 0.25) is 11.0 Å². The summed E-state index contributed by atoms with van der Waals surface area (Å²) in [4.78, 5) is 28.9. The molecule has 5 rings (SSSR count). The van der Waals surface area contributed by atoms with E-state index in [1.165, 1.54) is 34.4 Å². The monoisotopic (exact) mass is 608 g/mol. The van der Waals surface area contributed by atoms with Crippen LogP contribution in [0.15, 0.2) is 62.7 Å². The van der Waals surface area contributed by atoms with Gasteiger partial charge >= 0.3 is 0 Å². The second-order valence-corrected chi connectivity index (χ2v) is 13.4. The number of nitrogens with zero attached hydrogens (tertiary/aromatic N) is 4. The third-order valence-electron chi connectivity index (χ3n) is 6.76. The van der Waals surface area contributed by atoms with Crippen LogP contribution in [0.2, 0.25) is 0 Å². The minimum absolute atomic E-state index is 0.00450. The highest BCUT2D eigenvalue weighted by atomic mass is 32.2. The van der Waals surface area contributed by atoms with Crippen LogP contribution in [0, 0.1) is 16.7 Å². The smallest absolute Gasteiger partial charge is 0.234 e. The van der Waals surface area contributed by atoms with Crippen molar-refractivity contribution in [1.82, 2.24) is 10.2 Å². The first-order chi connectivity index (χ1) is 19.6. The predicted molar refractivity (Wildman–Crippen MR) is 160 cm³/mol. The number of rotatable bonds is 8. The molecule has 2 aliphatic rings. The molecule has 2 aromatic heterocycles. The van der Waals surface area contributed by atoms with E-state index in [4.69, 9.17) is 15.2 Å². The Balaban J connectivity index is 1.40. The molecule has 3 heterocycles. The molecule has 0 saturated carbocycles. The van der Waals surface area contributed by atoms with Crippen molar-refractivity contribution in [2.45, 2.75) is 36.9 Å². The molecule has 3 aromatic rings. The largest absolute Gasteiger partial charge is 0.497 e. The van der Waals surface area contributed by atoms with Crippen molar-refractivity contribution in [2.75, 3.05) is 30.2 Å². The number of nitriles is 1. The first-order valence-corrected chi connectivity index (χ1v) is 15.3. The van der Waals surface area contributed by atoms with Gasteiger partial charge < -0.3 is 20.5 Å². The third kappa shape index (κ3) is 5.81. The number of nitrogens with one attached hydrogen (secondary N) is 1. The number of aromatic nitrogens is 2. The van der Waals surface area contributed by atoms with Crippen LogP contribution >= 0.6 is 34.4 Å². The number of thiophene rings is 1. The number of carbonyl (C=O) groups excluding carboxylic acids is 2. The van der Waals surface area contributed by atoms with E-state index in [9.17, 15) is 14.9 Å². The van der Waals surface area contributed by atoms with Gasteiger partial charge in [-0.1, -0.05) is 43.0 Å². The number of thioether (sulfide) groups is 1. The van der Waals surface area contributed by atoms with E-state index in [1.807, 2.05) is 31.4 Å². The molecule has 1 amide bonds. The Morgan fingerprint density at radius 2 is 1.98 bits per heavy atom. The molecule has 1 aliphatic carbocycles. The fourth-order valence-electron chi connectivity index (χ4n) is 5.02. The summed E-state index contributed by atoms with van der Waals surface area (Å²) in [6, 6.07) is 11.2. The normalized spacial score (nSPS) is 18.2. The molecule has 0 bridgehead atoms. The molecule has 0 spiro atoms. The molecular weight excluding hydrogens is 581 g/mol. The predicted octanol–water partition coefficient (Wildman–Crippen LogP) is 5.29. The Bertz CT molecular complexity index is 1580. The highest BCUT2D eigenvalue weighted by Crippen LogP contribution is 2.51. The maximum absolute atomic E-state index is 13.6. The summed E-state index contributed by atoms with van der Waals surface area (Å²) in [6.07, 6.45) is 0.968. The molecule has 3 N–H and O–H groups in total. The summed E-state index contributed by atoms with van der Waals surface area (Å²) in [6.45, 7) is 4.09. The quantitative estimate of drug-likeness (QED) is 0.324. The Kier molecular flexibility index (Phi) is 8.08. The van der Waals surface area contributed by atoms with Crippen LogP contribution in [0.5, 0.6) is 11.5 Å². The van der Waals surface area contributed by atoms with Gasteiger partial charge in [-0.15, -0.1) is 21.5 Å². The Labute approximate surface area is 249 Å². The van der Waals surface area contributed by atoms with Gasteiger partial charge in [-0.2, -0.15) is 5.26 Å². The zero-order valence-corrected chi connectivity index (χ0v) is 25.3. The van der Waals surface area contributed by atoms with Crippen LogP contribution in [-0.4, -0.2) is 41.9 Å². The first-order valence-electron chi connectivity index (χ1n) is 12.6. The molecule has 1 aliphatic heterocycles. The van der Waals surface area contributed by atoms with E-state index >= 15 is 0 Å². The summed E-state index contributed by atoms with van der Waals surface area (Å²) in [7, 11) is 3.08. The number of ketones is 1. The highest BCUT2D eigenvalue weighted by Gasteiger charge is 2.45. The number of hydrogen-bond acceptors (Lipinski definition) is 12. The second kappa shape index (κ2) is 11.6. The number of anilines is 2. The average molecular weight is 609 g/mol. The lowest BCUT2D eigenvalue weighted by molar-refractivity contribution is -0.118. The molecule has 0 saturated heterocycles. The van der Waals surface area contributed by atoms with E-state index in [-0.39, 0.29) is 28.7 Å².